The average Bonchev–Trinajstić information content (AvgIpc) is 2.97. The summed E-state index contributed by atoms with van der Waals surface area (Å²) in [6.45, 7) is 5.97. The van der Waals surface area contributed by atoms with Crippen molar-refractivity contribution in [3.8, 4) is 0 Å². The largest absolute Gasteiger partial charge is 0.342 e. The summed E-state index contributed by atoms with van der Waals surface area (Å²) in [7, 11) is 0. The number of hydrogen-bond acceptors (Lipinski definition) is 3. The van der Waals surface area contributed by atoms with E-state index in [1.807, 2.05) is 11.8 Å². The lowest BCUT2D eigenvalue weighted by atomic mass is 9.92. The van der Waals surface area contributed by atoms with Gasteiger partial charge in [-0.15, -0.1) is 0 Å². The van der Waals surface area contributed by atoms with Crippen molar-refractivity contribution >= 4 is 17.5 Å². The minimum atomic E-state index is -0.365. The third-order valence-corrected chi connectivity index (χ3v) is 5.32. The fourth-order valence-electron chi connectivity index (χ4n) is 3.85. The van der Waals surface area contributed by atoms with Crippen LogP contribution in [0.15, 0.2) is 24.3 Å². The lowest BCUT2D eigenvalue weighted by Gasteiger charge is -2.38. The number of anilines is 1. The van der Waals surface area contributed by atoms with Crippen molar-refractivity contribution in [2.45, 2.75) is 45.2 Å². The van der Waals surface area contributed by atoms with Crippen LogP contribution in [0.2, 0.25) is 0 Å². The van der Waals surface area contributed by atoms with E-state index in [4.69, 9.17) is 0 Å². The fourth-order valence-corrected chi connectivity index (χ4v) is 3.85. The molecule has 5 nitrogen and oxygen atoms in total. The van der Waals surface area contributed by atoms with Gasteiger partial charge in [0.2, 0.25) is 11.8 Å². The Bertz CT molecular complexity index is 651. The number of carbonyl (C=O) groups excluding carboxylic acids is 2. The number of rotatable bonds is 4. The number of amides is 2. The van der Waals surface area contributed by atoms with Crippen LogP contribution in [0.1, 0.15) is 33.1 Å². The van der Waals surface area contributed by atoms with Crippen LogP contribution in [-0.4, -0.2) is 48.4 Å². The Hall–Kier alpha value is -1.95. The van der Waals surface area contributed by atoms with Crippen LogP contribution in [0, 0.1) is 11.7 Å². The van der Waals surface area contributed by atoms with Crippen LogP contribution in [0.4, 0.5) is 10.1 Å². The first-order chi connectivity index (χ1) is 12.0. The van der Waals surface area contributed by atoms with Gasteiger partial charge in [0.1, 0.15) is 5.82 Å². The molecule has 0 aliphatic carbocycles. The van der Waals surface area contributed by atoms with E-state index >= 15 is 0 Å². The molecule has 2 amide bonds. The van der Waals surface area contributed by atoms with Crippen LogP contribution >= 0.6 is 0 Å². The number of para-hydroxylation sites is 1. The third-order valence-electron chi connectivity index (χ3n) is 5.32. The van der Waals surface area contributed by atoms with Crippen molar-refractivity contribution in [1.82, 2.24) is 10.2 Å². The first-order valence-electron chi connectivity index (χ1n) is 9.11. The van der Waals surface area contributed by atoms with E-state index in [0.29, 0.717) is 31.0 Å². The summed E-state index contributed by atoms with van der Waals surface area (Å²) < 4.78 is 14.0. The maximum absolute atomic E-state index is 14.0. The highest BCUT2D eigenvalue weighted by molar-refractivity contribution is 5.99. The van der Waals surface area contributed by atoms with Crippen molar-refractivity contribution < 1.29 is 14.0 Å². The highest BCUT2D eigenvalue weighted by Crippen LogP contribution is 2.26. The summed E-state index contributed by atoms with van der Waals surface area (Å²) in [6, 6.07) is 6.33. The molecule has 136 valence electrons. The molecule has 2 fully saturated rings. The van der Waals surface area contributed by atoms with Gasteiger partial charge < -0.3 is 15.1 Å². The molecule has 2 aliphatic rings. The van der Waals surface area contributed by atoms with Gasteiger partial charge in [-0.3, -0.25) is 9.59 Å². The molecule has 0 radical (unpaired) electrons. The SMILES string of the molecule is CCC(=O)N1CCC(NC2CCN(c3ccccc3F)C2=O)C(C)C1. The van der Waals surface area contributed by atoms with Crippen molar-refractivity contribution in [2.24, 2.45) is 5.92 Å². The molecular weight excluding hydrogens is 321 g/mol. The van der Waals surface area contributed by atoms with Gasteiger partial charge >= 0.3 is 0 Å². The second kappa shape index (κ2) is 7.52. The number of benzene rings is 1. The molecule has 0 spiro atoms. The molecule has 0 saturated carbocycles. The molecular formula is C19H26FN3O2. The maximum Gasteiger partial charge on any atom is 0.244 e. The first-order valence-corrected chi connectivity index (χ1v) is 9.11. The molecule has 6 heteroatoms. The molecule has 0 aromatic heterocycles. The zero-order chi connectivity index (χ0) is 18.0. The minimum absolute atomic E-state index is 0.0654. The molecule has 3 atom stereocenters. The molecule has 2 saturated heterocycles. The van der Waals surface area contributed by atoms with Crippen LogP contribution in [-0.2, 0) is 9.59 Å². The lowest BCUT2D eigenvalue weighted by Crippen LogP contribution is -2.53. The monoisotopic (exact) mass is 347 g/mol. The normalized spacial score (nSPS) is 27.0. The van der Waals surface area contributed by atoms with Crippen molar-refractivity contribution in [3.63, 3.8) is 0 Å². The van der Waals surface area contributed by atoms with Crippen molar-refractivity contribution in [1.29, 1.82) is 0 Å². The zero-order valence-electron chi connectivity index (χ0n) is 14.9. The van der Waals surface area contributed by atoms with Gasteiger partial charge in [0.15, 0.2) is 0 Å². The predicted molar refractivity (Wildman–Crippen MR) is 94.7 cm³/mol. The molecule has 2 heterocycles. The van der Waals surface area contributed by atoms with Gasteiger partial charge in [-0.05, 0) is 30.9 Å². The van der Waals surface area contributed by atoms with E-state index < -0.39 is 0 Å². The average molecular weight is 347 g/mol. The molecule has 3 rings (SSSR count). The van der Waals surface area contributed by atoms with Gasteiger partial charge in [0.25, 0.3) is 0 Å². The Morgan fingerprint density at radius 1 is 1.28 bits per heavy atom. The van der Waals surface area contributed by atoms with Gasteiger partial charge in [-0.1, -0.05) is 26.0 Å². The highest BCUT2D eigenvalue weighted by atomic mass is 19.1. The summed E-state index contributed by atoms with van der Waals surface area (Å²) in [4.78, 5) is 28.0. The smallest absolute Gasteiger partial charge is 0.244 e. The fraction of sp³-hybridized carbons (Fsp3) is 0.579. The predicted octanol–water partition coefficient (Wildman–Crippen LogP) is 2.17. The number of carbonyl (C=O) groups is 2. The summed E-state index contributed by atoms with van der Waals surface area (Å²) in [6.07, 6.45) is 2.05. The number of hydrogen-bond donors (Lipinski definition) is 1. The van der Waals surface area contributed by atoms with Crippen LogP contribution in [0.25, 0.3) is 0 Å². The Balaban J connectivity index is 1.60. The van der Waals surface area contributed by atoms with E-state index in [1.165, 1.54) is 11.0 Å². The minimum Gasteiger partial charge on any atom is -0.342 e. The standard InChI is InChI=1S/C19H26FN3O2/c1-3-18(24)22-10-8-15(13(2)12-22)21-16-9-11-23(19(16)25)17-7-5-4-6-14(17)20/h4-7,13,15-16,21H,3,8-12H2,1-2H3. The Labute approximate surface area is 148 Å². The number of nitrogens with zero attached hydrogens (tertiary/aromatic N) is 2. The number of halogens is 1. The van der Waals surface area contributed by atoms with E-state index in [-0.39, 0.29) is 29.7 Å². The maximum atomic E-state index is 14.0. The molecule has 1 aromatic carbocycles. The second-order valence-corrected chi connectivity index (χ2v) is 7.01. The van der Waals surface area contributed by atoms with E-state index in [9.17, 15) is 14.0 Å². The number of nitrogens with one attached hydrogen (secondary N) is 1. The van der Waals surface area contributed by atoms with Crippen molar-refractivity contribution in [2.75, 3.05) is 24.5 Å². The molecule has 1 N–H and O–H groups in total. The molecule has 2 aliphatic heterocycles. The molecule has 0 bridgehead atoms. The molecule has 1 aromatic rings. The van der Waals surface area contributed by atoms with E-state index in [0.717, 1.165) is 19.5 Å². The number of likely N-dealkylation sites (tertiary alicyclic amines) is 1. The molecule has 25 heavy (non-hydrogen) atoms. The van der Waals surface area contributed by atoms with E-state index in [2.05, 4.69) is 12.2 Å². The van der Waals surface area contributed by atoms with Gasteiger partial charge in [-0.25, -0.2) is 4.39 Å². The first kappa shape index (κ1) is 17.9. The van der Waals surface area contributed by atoms with Gasteiger partial charge in [0, 0.05) is 32.1 Å². The Morgan fingerprint density at radius 2 is 2.04 bits per heavy atom. The highest BCUT2D eigenvalue weighted by Gasteiger charge is 2.37. The van der Waals surface area contributed by atoms with Crippen LogP contribution in [0.5, 0.6) is 0 Å². The molecule has 3 unspecified atom stereocenters. The summed E-state index contributed by atoms with van der Waals surface area (Å²) in [5.74, 6) is 0.0492. The Morgan fingerprint density at radius 3 is 2.72 bits per heavy atom. The third kappa shape index (κ3) is 3.68. The topological polar surface area (TPSA) is 52.7 Å². The van der Waals surface area contributed by atoms with Crippen molar-refractivity contribution in [3.05, 3.63) is 30.1 Å². The number of piperidine rings is 1. The summed E-state index contributed by atoms with van der Waals surface area (Å²) in [5, 5.41) is 3.46. The summed E-state index contributed by atoms with van der Waals surface area (Å²) in [5.41, 5.74) is 0.355. The zero-order valence-corrected chi connectivity index (χ0v) is 14.9. The van der Waals surface area contributed by atoms with Gasteiger partial charge in [-0.2, -0.15) is 0 Å². The van der Waals surface area contributed by atoms with Crippen LogP contribution < -0.4 is 10.2 Å². The van der Waals surface area contributed by atoms with Crippen LogP contribution in [0.3, 0.4) is 0 Å². The lowest BCUT2D eigenvalue weighted by molar-refractivity contribution is -0.133. The summed E-state index contributed by atoms with van der Waals surface area (Å²) >= 11 is 0. The Kier molecular flexibility index (Phi) is 5.37. The second-order valence-electron chi connectivity index (χ2n) is 7.01. The van der Waals surface area contributed by atoms with Gasteiger partial charge in [0.05, 0.1) is 11.7 Å². The quantitative estimate of drug-likeness (QED) is 0.908. The van der Waals surface area contributed by atoms with E-state index in [1.54, 1.807) is 18.2 Å².